The van der Waals surface area contributed by atoms with Gasteiger partial charge in [0, 0.05) is 16.1 Å². The molecule has 1 atom stereocenters. The summed E-state index contributed by atoms with van der Waals surface area (Å²) in [4.78, 5) is 4.13. The molecule has 2 aromatic rings. The SMILES string of the molecule is CC(C)Oc1ccc(F)c(C2(O)C(N)=Nc3ccc(Cl)cc32)c1. The first-order chi connectivity index (χ1) is 10.8. The smallest absolute Gasteiger partial charge is 0.177 e. The Morgan fingerprint density at radius 1 is 1.22 bits per heavy atom. The molecule has 0 radical (unpaired) electrons. The number of nitrogens with zero attached hydrogens (tertiary/aromatic N) is 1. The fourth-order valence-electron chi connectivity index (χ4n) is 2.65. The van der Waals surface area contributed by atoms with Crippen LogP contribution >= 0.6 is 11.6 Å². The summed E-state index contributed by atoms with van der Waals surface area (Å²) in [6, 6.07) is 8.99. The largest absolute Gasteiger partial charge is 0.491 e. The van der Waals surface area contributed by atoms with Gasteiger partial charge in [-0.1, -0.05) is 11.6 Å². The highest BCUT2D eigenvalue weighted by atomic mass is 35.5. The van der Waals surface area contributed by atoms with Gasteiger partial charge in [-0.15, -0.1) is 0 Å². The number of hydrogen-bond donors (Lipinski definition) is 2. The molecule has 1 aliphatic rings. The highest BCUT2D eigenvalue weighted by molar-refractivity contribution is 6.30. The average molecular weight is 335 g/mol. The van der Waals surface area contributed by atoms with Crippen molar-refractivity contribution in [1.82, 2.24) is 0 Å². The van der Waals surface area contributed by atoms with Gasteiger partial charge in [-0.2, -0.15) is 0 Å². The van der Waals surface area contributed by atoms with Crippen molar-refractivity contribution in [1.29, 1.82) is 0 Å². The van der Waals surface area contributed by atoms with E-state index in [1.807, 2.05) is 13.8 Å². The van der Waals surface area contributed by atoms with Crippen molar-refractivity contribution in [3.05, 3.63) is 58.4 Å². The van der Waals surface area contributed by atoms with E-state index >= 15 is 0 Å². The van der Waals surface area contributed by atoms with E-state index in [1.165, 1.54) is 24.3 Å². The van der Waals surface area contributed by atoms with Crippen LogP contribution in [0.5, 0.6) is 5.75 Å². The first-order valence-corrected chi connectivity index (χ1v) is 7.54. The maximum Gasteiger partial charge on any atom is 0.177 e. The molecule has 3 N–H and O–H groups in total. The Morgan fingerprint density at radius 2 is 1.96 bits per heavy atom. The predicted molar refractivity (Wildman–Crippen MR) is 87.9 cm³/mol. The van der Waals surface area contributed by atoms with Gasteiger partial charge in [0.15, 0.2) is 5.60 Å². The third kappa shape index (κ3) is 2.56. The molecule has 6 heteroatoms. The van der Waals surface area contributed by atoms with Crippen molar-refractivity contribution < 1.29 is 14.2 Å². The average Bonchev–Trinajstić information content (AvgIpc) is 2.73. The number of benzene rings is 2. The summed E-state index contributed by atoms with van der Waals surface area (Å²) in [5.74, 6) is -0.266. The standard InChI is InChI=1S/C17H16ClFN2O2/c1-9(2)23-11-4-5-14(19)12(8-11)17(22)13-7-10(18)3-6-15(13)21-16(17)20/h3-9,22H,1-2H3,(H2,20,21). The molecule has 0 saturated heterocycles. The molecule has 0 bridgehead atoms. The number of aliphatic imine (C=N–C) groups is 1. The molecular formula is C17H16ClFN2O2. The lowest BCUT2D eigenvalue weighted by Gasteiger charge is -2.26. The molecule has 1 unspecified atom stereocenters. The Balaban J connectivity index is 2.18. The van der Waals surface area contributed by atoms with Gasteiger partial charge in [0.05, 0.1) is 11.8 Å². The first kappa shape index (κ1) is 15.8. The molecule has 1 aliphatic heterocycles. The maximum absolute atomic E-state index is 14.4. The highest BCUT2D eigenvalue weighted by Crippen LogP contribution is 2.44. The molecule has 0 aromatic heterocycles. The number of aliphatic hydroxyl groups is 1. The van der Waals surface area contributed by atoms with Crippen molar-refractivity contribution in [2.75, 3.05) is 0 Å². The molecule has 0 amide bonds. The van der Waals surface area contributed by atoms with Crippen LogP contribution in [0.1, 0.15) is 25.0 Å². The summed E-state index contributed by atoms with van der Waals surface area (Å²) in [6.07, 6.45) is -0.0840. The zero-order valence-electron chi connectivity index (χ0n) is 12.7. The summed E-state index contributed by atoms with van der Waals surface area (Å²) >= 11 is 6.00. The Kier molecular flexibility index (Phi) is 3.78. The lowest BCUT2D eigenvalue weighted by molar-refractivity contribution is 0.152. The van der Waals surface area contributed by atoms with Crippen molar-refractivity contribution in [3.63, 3.8) is 0 Å². The topological polar surface area (TPSA) is 67.8 Å². The van der Waals surface area contributed by atoms with Gasteiger partial charge in [-0.25, -0.2) is 9.38 Å². The van der Waals surface area contributed by atoms with Gasteiger partial charge in [0.25, 0.3) is 0 Å². The van der Waals surface area contributed by atoms with Gasteiger partial charge in [-0.05, 0) is 50.2 Å². The van der Waals surface area contributed by atoms with Crippen molar-refractivity contribution >= 4 is 23.1 Å². The minimum atomic E-state index is -1.87. The summed E-state index contributed by atoms with van der Waals surface area (Å²) in [5, 5.41) is 11.5. The minimum Gasteiger partial charge on any atom is -0.491 e. The number of nitrogens with two attached hydrogens (primary N) is 1. The zero-order valence-corrected chi connectivity index (χ0v) is 13.4. The zero-order chi connectivity index (χ0) is 16.8. The van der Waals surface area contributed by atoms with E-state index in [0.717, 1.165) is 0 Å². The molecule has 2 aromatic carbocycles. The molecule has 3 rings (SSSR count). The lowest BCUT2D eigenvalue weighted by atomic mass is 9.86. The summed E-state index contributed by atoms with van der Waals surface area (Å²) in [7, 11) is 0. The second kappa shape index (κ2) is 5.51. The molecule has 0 spiro atoms. The van der Waals surface area contributed by atoms with E-state index in [2.05, 4.69) is 4.99 Å². The van der Waals surface area contributed by atoms with Crippen molar-refractivity contribution in [3.8, 4) is 5.75 Å². The van der Waals surface area contributed by atoms with Crippen LogP contribution in [0.25, 0.3) is 0 Å². The monoisotopic (exact) mass is 334 g/mol. The third-order valence-electron chi connectivity index (χ3n) is 3.66. The van der Waals surface area contributed by atoms with Gasteiger partial charge in [0.2, 0.25) is 0 Å². The van der Waals surface area contributed by atoms with Crippen LogP contribution in [0.2, 0.25) is 5.02 Å². The van der Waals surface area contributed by atoms with Crippen LogP contribution in [0.3, 0.4) is 0 Å². The fraction of sp³-hybridized carbons (Fsp3) is 0.235. The molecule has 23 heavy (non-hydrogen) atoms. The Morgan fingerprint density at radius 3 is 2.65 bits per heavy atom. The highest BCUT2D eigenvalue weighted by Gasteiger charge is 2.44. The van der Waals surface area contributed by atoms with Gasteiger partial charge >= 0.3 is 0 Å². The summed E-state index contributed by atoms with van der Waals surface area (Å²) in [6.45, 7) is 3.72. The molecule has 0 fully saturated rings. The molecule has 120 valence electrons. The van der Waals surface area contributed by atoms with Crippen LogP contribution in [0, 0.1) is 5.82 Å². The Labute approximate surface area is 138 Å². The Bertz CT molecular complexity index is 807. The van der Waals surface area contributed by atoms with Crippen LogP contribution in [0.4, 0.5) is 10.1 Å². The quantitative estimate of drug-likeness (QED) is 0.902. The van der Waals surface area contributed by atoms with Crippen molar-refractivity contribution in [2.24, 2.45) is 10.7 Å². The third-order valence-corrected chi connectivity index (χ3v) is 3.89. The second-order valence-corrected chi connectivity index (χ2v) is 6.11. The number of rotatable bonds is 3. The summed E-state index contributed by atoms with van der Waals surface area (Å²) < 4.78 is 20.0. The van der Waals surface area contributed by atoms with E-state index in [1.54, 1.807) is 12.1 Å². The molecule has 4 nitrogen and oxygen atoms in total. The lowest BCUT2D eigenvalue weighted by Crippen LogP contribution is -2.40. The van der Waals surface area contributed by atoms with Crippen LogP contribution in [0.15, 0.2) is 41.4 Å². The van der Waals surface area contributed by atoms with Gasteiger partial charge in [-0.3, -0.25) is 0 Å². The first-order valence-electron chi connectivity index (χ1n) is 7.16. The second-order valence-electron chi connectivity index (χ2n) is 5.68. The summed E-state index contributed by atoms with van der Waals surface area (Å²) in [5.41, 5.74) is 4.84. The minimum absolute atomic E-state index is 0.0158. The number of halogens is 2. The Hall–Kier alpha value is -2.11. The van der Waals surface area contributed by atoms with Gasteiger partial charge in [0.1, 0.15) is 17.4 Å². The van der Waals surface area contributed by atoms with E-state index in [-0.39, 0.29) is 17.5 Å². The van der Waals surface area contributed by atoms with Crippen LogP contribution in [-0.2, 0) is 5.60 Å². The molecule has 1 heterocycles. The predicted octanol–water partition coefficient (Wildman–Crippen LogP) is 3.50. The van der Waals surface area contributed by atoms with E-state index in [4.69, 9.17) is 22.1 Å². The number of hydrogen-bond acceptors (Lipinski definition) is 4. The van der Waals surface area contributed by atoms with E-state index < -0.39 is 11.4 Å². The van der Waals surface area contributed by atoms with Crippen LogP contribution in [-0.4, -0.2) is 17.0 Å². The fourth-order valence-corrected chi connectivity index (χ4v) is 2.83. The molecule has 0 saturated carbocycles. The van der Waals surface area contributed by atoms with Crippen molar-refractivity contribution in [2.45, 2.75) is 25.6 Å². The maximum atomic E-state index is 14.4. The number of ether oxygens (including phenoxy) is 1. The van der Waals surface area contributed by atoms with Gasteiger partial charge < -0.3 is 15.6 Å². The van der Waals surface area contributed by atoms with Crippen LogP contribution < -0.4 is 10.5 Å². The normalized spacial score (nSPS) is 19.7. The van der Waals surface area contributed by atoms with E-state index in [0.29, 0.717) is 22.0 Å². The number of fused-ring (bicyclic) bond motifs is 1. The number of amidine groups is 1. The molecule has 0 aliphatic carbocycles. The molecular weight excluding hydrogens is 319 g/mol. The van der Waals surface area contributed by atoms with E-state index in [9.17, 15) is 9.50 Å².